The van der Waals surface area contributed by atoms with Crippen molar-refractivity contribution < 1.29 is 0 Å². The molecule has 2 aromatic carbocycles. The Kier molecular flexibility index (Phi) is 6.44. The minimum absolute atomic E-state index is 0.337. The highest BCUT2D eigenvalue weighted by molar-refractivity contribution is 5.84. The Balaban J connectivity index is 1.60. The molecule has 1 fully saturated rings. The van der Waals surface area contributed by atoms with Gasteiger partial charge < -0.3 is 9.88 Å². The summed E-state index contributed by atoms with van der Waals surface area (Å²) in [4.78, 5) is 15.0. The average Bonchev–Trinajstić information content (AvgIpc) is 2.91. The third-order valence-corrected chi connectivity index (χ3v) is 7.74. The highest BCUT2D eigenvalue weighted by Gasteiger charge is 2.20. The van der Waals surface area contributed by atoms with Crippen LogP contribution in [0.3, 0.4) is 0 Å². The summed E-state index contributed by atoms with van der Waals surface area (Å²) < 4.78 is 2.33. The highest BCUT2D eigenvalue weighted by atomic mass is 15.0. The minimum Gasteiger partial charge on any atom is -0.352 e. The first kappa shape index (κ1) is 24.4. The van der Waals surface area contributed by atoms with Crippen LogP contribution in [0.5, 0.6) is 0 Å². The van der Waals surface area contributed by atoms with E-state index >= 15 is 0 Å². The lowest BCUT2D eigenvalue weighted by molar-refractivity contribution is 0.346. The molecule has 38 heavy (non-hydrogen) atoms. The molecule has 1 aromatic heterocycles. The van der Waals surface area contributed by atoms with Gasteiger partial charge in [-0.1, -0.05) is 30.7 Å². The van der Waals surface area contributed by atoms with Crippen molar-refractivity contribution in [3.05, 3.63) is 95.1 Å². The zero-order valence-corrected chi connectivity index (χ0v) is 22.7. The van der Waals surface area contributed by atoms with Gasteiger partial charge in [-0.2, -0.15) is 0 Å². The molecule has 0 unspecified atom stereocenters. The SMILES string of the molecule is Cc1ccc(-n2c3cc(=NC4CCC(C)CC4)c(Nc4ccc(C)nc4)cc-3nc3cc(C)ccc32)cc1. The van der Waals surface area contributed by atoms with E-state index in [9.17, 15) is 0 Å². The molecule has 3 aromatic rings. The van der Waals surface area contributed by atoms with Gasteiger partial charge >= 0.3 is 0 Å². The smallest absolute Gasteiger partial charge is 0.0900 e. The first-order valence-corrected chi connectivity index (χ1v) is 13.7. The molecule has 1 aliphatic heterocycles. The lowest BCUT2D eigenvalue weighted by atomic mass is 9.88. The van der Waals surface area contributed by atoms with Gasteiger partial charge in [0.15, 0.2) is 0 Å². The van der Waals surface area contributed by atoms with Crippen LogP contribution in [0.25, 0.3) is 28.1 Å². The van der Waals surface area contributed by atoms with Crippen molar-refractivity contribution in [2.24, 2.45) is 10.9 Å². The van der Waals surface area contributed by atoms with Crippen molar-refractivity contribution in [3.8, 4) is 17.1 Å². The summed E-state index contributed by atoms with van der Waals surface area (Å²) in [5.74, 6) is 0.789. The first-order chi connectivity index (χ1) is 18.4. The number of anilines is 2. The molecule has 5 heteroatoms. The number of benzene rings is 3. The number of rotatable bonds is 4. The fraction of sp³-hybridized carbons (Fsp3) is 0.303. The van der Waals surface area contributed by atoms with Crippen molar-refractivity contribution >= 4 is 22.4 Å². The number of fused-ring (bicyclic) bond motifs is 2. The number of hydrogen-bond donors (Lipinski definition) is 1. The molecule has 5 nitrogen and oxygen atoms in total. The Bertz CT molecular complexity index is 1620. The van der Waals surface area contributed by atoms with E-state index in [0.29, 0.717) is 6.04 Å². The normalized spacial score (nSPS) is 18.3. The molecule has 2 aliphatic carbocycles. The van der Waals surface area contributed by atoms with E-state index in [-0.39, 0.29) is 0 Å². The Hall–Kier alpha value is -3.99. The molecule has 0 radical (unpaired) electrons. The average molecular weight is 502 g/mol. The second-order valence-corrected chi connectivity index (χ2v) is 11.0. The Labute approximate surface area is 224 Å². The van der Waals surface area contributed by atoms with Crippen LogP contribution in [0.15, 0.2) is 77.9 Å². The molecule has 6 rings (SSSR count). The van der Waals surface area contributed by atoms with E-state index in [4.69, 9.17) is 9.98 Å². The zero-order valence-electron chi connectivity index (χ0n) is 22.7. The van der Waals surface area contributed by atoms with Gasteiger partial charge in [0.25, 0.3) is 0 Å². The van der Waals surface area contributed by atoms with E-state index in [1.54, 1.807) is 0 Å². The Morgan fingerprint density at radius 3 is 2.34 bits per heavy atom. The summed E-state index contributed by atoms with van der Waals surface area (Å²) in [6, 6.07) is 24.1. The van der Waals surface area contributed by atoms with Crippen LogP contribution < -0.4 is 10.7 Å². The number of aromatic nitrogens is 3. The quantitative estimate of drug-likeness (QED) is 0.257. The van der Waals surface area contributed by atoms with Crippen LogP contribution in [-0.2, 0) is 0 Å². The number of nitrogens with one attached hydrogen (secondary N) is 1. The van der Waals surface area contributed by atoms with Crippen LogP contribution in [0.2, 0.25) is 0 Å². The van der Waals surface area contributed by atoms with Crippen molar-refractivity contribution in [2.75, 3.05) is 5.32 Å². The molecule has 0 bridgehead atoms. The van der Waals surface area contributed by atoms with Crippen LogP contribution in [0.4, 0.5) is 11.4 Å². The number of nitrogens with zero attached hydrogens (tertiary/aromatic N) is 4. The minimum atomic E-state index is 0.337. The Morgan fingerprint density at radius 1 is 0.842 bits per heavy atom. The van der Waals surface area contributed by atoms with Crippen molar-refractivity contribution in [1.29, 1.82) is 0 Å². The number of aryl methyl sites for hydroxylation is 3. The van der Waals surface area contributed by atoms with Crippen LogP contribution in [-0.4, -0.2) is 20.6 Å². The third kappa shape index (κ3) is 4.93. The van der Waals surface area contributed by atoms with Gasteiger partial charge in [-0.15, -0.1) is 0 Å². The molecule has 0 spiro atoms. The fourth-order valence-corrected chi connectivity index (χ4v) is 5.45. The summed E-state index contributed by atoms with van der Waals surface area (Å²) in [6.45, 7) is 8.60. The molecular formula is C33H35N5. The van der Waals surface area contributed by atoms with Crippen LogP contribution in [0.1, 0.15) is 49.4 Å². The van der Waals surface area contributed by atoms with Gasteiger partial charge in [-0.25, -0.2) is 4.98 Å². The highest BCUT2D eigenvalue weighted by Crippen LogP contribution is 2.32. The topological polar surface area (TPSA) is 55.1 Å². The summed E-state index contributed by atoms with van der Waals surface area (Å²) in [7, 11) is 0. The molecule has 192 valence electrons. The maximum absolute atomic E-state index is 5.34. The van der Waals surface area contributed by atoms with E-state index in [1.165, 1.54) is 24.0 Å². The van der Waals surface area contributed by atoms with Crippen molar-refractivity contribution in [2.45, 2.75) is 59.4 Å². The number of pyridine rings is 1. The van der Waals surface area contributed by atoms with Crippen molar-refractivity contribution in [1.82, 2.24) is 14.5 Å². The predicted octanol–water partition coefficient (Wildman–Crippen LogP) is 7.67. The summed E-state index contributed by atoms with van der Waals surface area (Å²) in [6.07, 6.45) is 6.63. The monoisotopic (exact) mass is 501 g/mol. The Morgan fingerprint density at radius 2 is 1.61 bits per heavy atom. The predicted molar refractivity (Wildman–Crippen MR) is 156 cm³/mol. The maximum atomic E-state index is 5.34. The van der Waals surface area contributed by atoms with E-state index in [2.05, 4.69) is 96.3 Å². The molecular weight excluding hydrogens is 466 g/mol. The first-order valence-electron chi connectivity index (χ1n) is 13.7. The van der Waals surface area contributed by atoms with Crippen LogP contribution in [0, 0.1) is 26.7 Å². The molecule has 3 aliphatic rings. The standard InChI is InChI=1S/C33H35N5/c1-21-5-11-25(12-6-21)35-29-19-33-31(18-28(29)36-26-13-10-24(4)34-20-26)37-30-17-23(3)9-16-32(30)38(33)27-14-7-22(2)8-15-27/h7-10,13-21,25,36H,5-6,11-12H2,1-4H3. The van der Waals surface area contributed by atoms with E-state index < -0.39 is 0 Å². The molecule has 0 atom stereocenters. The number of hydrogen-bond acceptors (Lipinski definition) is 4. The van der Waals surface area contributed by atoms with Gasteiger partial charge in [0, 0.05) is 11.4 Å². The van der Waals surface area contributed by atoms with Crippen LogP contribution >= 0.6 is 0 Å². The third-order valence-electron chi connectivity index (χ3n) is 7.74. The fourth-order valence-electron chi connectivity index (χ4n) is 5.45. The summed E-state index contributed by atoms with van der Waals surface area (Å²) >= 11 is 0. The largest absolute Gasteiger partial charge is 0.352 e. The lowest BCUT2D eigenvalue weighted by Crippen LogP contribution is -2.21. The van der Waals surface area contributed by atoms with Gasteiger partial charge in [0.2, 0.25) is 0 Å². The van der Waals surface area contributed by atoms with Gasteiger partial charge in [0.1, 0.15) is 0 Å². The summed E-state index contributed by atoms with van der Waals surface area (Å²) in [5, 5.41) is 4.59. The van der Waals surface area contributed by atoms with E-state index in [0.717, 1.165) is 69.3 Å². The maximum Gasteiger partial charge on any atom is 0.0900 e. The molecule has 0 amide bonds. The molecule has 1 saturated carbocycles. The van der Waals surface area contributed by atoms with Crippen molar-refractivity contribution in [3.63, 3.8) is 0 Å². The summed E-state index contributed by atoms with van der Waals surface area (Å²) in [5.41, 5.74) is 10.5. The molecule has 2 heterocycles. The second-order valence-electron chi connectivity index (χ2n) is 11.0. The second kappa shape index (κ2) is 10.1. The van der Waals surface area contributed by atoms with Gasteiger partial charge in [-0.3, -0.25) is 9.98 Å². The zero-order chi connectivity index (χ0) is 26.2. The molecule has 1 N–H and O–H groups in total. The lowest BCUT2D eigenvalue weighted by Gasteiger charge is -2.24. The van der Waals surface area contributed by atoms with Gasteiger partial charge in [0.05, 0.1) is 51.4 Å². The van der Waals surface area contributed by atoms with E-state index in [1.807, 2.05) is 19.2 Å². The van der Waals surface area contributed by atoms with Gasteiger partial charge in [-0.05, 0) is 106 Å². The molecule has 0 saturated heterocycles.